The van der Waals surface area contributed by atoms with Crippen molar-refractivity contribution in [3.8, 4) is 0 Å². The van der Waals surface area contributed by atoms with Crippen LogP contribution in [0.3, 0.4) is 0 Å². The van der Waals surface area contributed by atoms with E-state index in [1.54, 1.807) is 36.0 Å². The fourth-order valence-corrected chi connectivity index (χ4v) is 4.84. The molecule has 0 saturated heterocycles. The van der Waals surface area contributed by atoms with Crippen LogP contribution in [0.2, 0.25) is 0 Å². The van der Waals surface area contributed by atoms with Crippen molar-refractivity contribution in [2.75, 3.05) is 10.6 Å². The van der Waals surface area contributed by atoms with Crippen LogP contribution in [-0.2, 0) is 21.9 Å². The van der Waals surface area contributed by atoms with Crippen LogP contribution in [0.15, 0.2) is 77.3 Å². The smallest absolute Gasteiger partial charge is 0.237 e. The highest BCUT2D eigenvalue weighted by Gasteiger charge is 2.22. The van der Waals surface area contributed by atoms with Crippen molar-refractivity contribution < 1.29 is 9.59 Å². The van der Waals surface area contributed by atoms with Crippen molar-refractivity contribution in [1.82, 2.24) is 14.8 Å². The molecule has 0 aliphatic rings. The summed E-state index contributed by atoms with van der Waals surface area (Å²) in [5, 5.41) is 14.7. The molecule has 0 aliphatic heterocycles. The Morgan fingerprint density at radius 2 is 1.73 bits per heavy atom. The van der Waals surface area contributed by atoms with Crippen LogP contribution in [0.5, 0.6) is 0 Å². The van der Waals surface area contributed by atoms with Gasteiger partial charge in [-0.3, -0.25) is 9.59 Å². The van der Waals surface area contributed by atoms with Crippen LogP contribution < -0.4 is 10.6 Å². The van der Waals surface area contributed by atoms with Crippen LogP contribution in [0.25, 0.3) is 0 Å². The van der Waals surface area contributed by atoms with Crippen LogP contribution >= 0.6 is 23.5 Å². The standard InChI is InChI=1S/C24H27N5O2S2/c1-4-15-29-22(16-32-20-9-7-6-8-10-20)27-28-24(29)33-21(5-2)23(31)26-19-13-11-18(12-14-19)25-17(3)30/h4,6-14,21H,1,5,15-16H2,2-3H3,(H,25,30)(H,26,31). The van der Waals surface area contributed by atoms with E-state index < -0.39 is 0 Å². The number of hydrogen-bond acceptors (Lipinski definition) is 6. The van der Waals surface area contributed by atoms with Gasteiger partial charge in [-0.15, -0.1) is 28.5 Å². The van der Waals surface area contributed by atoms with Crippen molar-refractivity contribution in [1.29, 1.82) is 0 Å². The van der Waals surface area contributed by atoms with Gasteiger partial charge in [-0.1, -0.05) is 43.0 Å². The fourth-order valence-electron chi connectivity index (χ4n) is 3.00. The number of nitrogens with one attached hydrogen (secondary N) is 2. The molecule has 2 aromatic carbocycles. The predicted molar refractivity (Wildman–Crippen MR) is 136 cm³/mol. The zero-order valence-electron chi connectivity index (χ0n) is 18.7. The fraction of sp³-hybridized carbons (Fsp3) is 0.250. The van der Waals surface area contributed by atoms with E-state index in [0.29, 0.717) is 35.2 Å². The number of anilines is 2. The van der Waals surface area contributed by atoms with Gasteiger partial charge in [0.25, 0.3) is 0 Å². The van der Waals surface area contributed by atoms with Gasteiger partial charge in [0.1, 0.15) is 5.82 Å². The lowest BCUT2D eigenvalue weighted by molar-refractivity contribution is -0.116. The van der Waals surface area contributed by atoms with E-state index in [1.807, 2.05) is 35.8 Å². The Labute approximate surface area is 202 Å². The third kappa shape index (κ3) is 7.23. The second-order valence-electron chi connectivity index (χ2n) is 7.16. The minimum Gasteiger partial charge on any atom is -0.326 e. The van der Waals surface area contributed by atoms with Gasteiger partial charge < -0.3 is 15.2 Å². The second-order valence-corrected chi connectivity index (χ2v) is 9.38. The third-order valence-corrected chi connectivity index (χ3v) is 6.95. The number of carbonyl (C=O) groups excluding carboxylic acids is 2. The molecule has 2 N–H and O–H groups in total. The number of nitrogens with zero attached hydrogens (tertiary/aromatic N) is 3. The zero-order valence-corrected chi connectivity index (χ0v) is 20.3. The Morgan fingerprint density at radius 3 is 2.33 bits per heavy atom. The molecule has 0 aliphatic carbocycles. The number of benzene rings is 2. The van der Waals surface area contributed by atoms with Crippen LogP contribution in [0.4, 0.5) is 11.4 Å². The molecule has 3 aromatic rings. The minimum atomic E-state index is -0.331. The monoisotopic (exact) mass is 481 g/mol. The number of rotatable bonds is 11. The summed E-state index contributed by atoms with van der Waals surface area (Å²) in [5.74, 6) is 1.27. The molecule has 0 bridgehead atoms. The lowest BCUT2D eigenvalue weighted by Crippen LogP contribution is -2.25. The summed E-state index contributed by atoms with van der Waals surface area (Å²) in [4.78, 5) is 25.2. The first-order chi connectivity index (χ1) is 16.0. The van der Waals surface area contributed by atoms with E-state index in [9.17, 15) is 9.59 Å². The van der Waals surface area contributed by atoms with Crippen molar-refractivity contribution in [2.24, 2.45) is 0 Å². The first kappa shape index (κ1) is 24.6. The van der Waals surface area contributed by atoms with Crippen molar-refractivity contribution in [3.63, 3.8) is 0 Å². The Bertz CT molecular complexity index is 1080. The maximum absolute atomic E-state index is 12.9. The molecule has 1 atom stereocenters. The van der Waals surface area contributed by atoms with Gasteiger partial charge in [0.05, 0.1) is 11.0 Å². The summed E-state index contributed by atoms with van der Waals surface area (Å²) in [5.41, 5.74) is 1.35. The molecule has 172 valence electrons. The average Bonchev–Trinajstić information content (AvgIpc) is 3.19. The van der Waals surface area contributed by atoms with Crippen molar-refractivity contribution in [2.45, 2.75) is 47.9 Å². The first-order valence-corrected chi connectivity index (χ1v) is 12.4. The van der Waals surface area contributed by atoms with Crippen LogP contribution in [0, 0.1) is 0 Å². The summed E-state index contributed by atoms with van der Waals surface area (Å²) >= 11 is 3.09. The average molecular weight is 482 g/mol. The molecular weight excluding hydrogens is 454 g/mol. The van der Waals surface area contributed by atoms with E-state index in [0.717, 1.165) is 10.7 Å². The molecule has 0 radical (unpaired) electrons. The summed E-state index contributed by atoms with van der Waals surface area (Å²) in [7, 11) is 0. The van der Waals surface area contributed by atoms with E-state index in [1.165, 1.54) is 18.7 Å². The maximum Gasteiger partial charge on any atom is 0.237 e. The second kappa shape index (κ2) is 12.3. The molecular formula is C24H27N5O2S2. The normalized spacial score (nSPS) is 11.6. The Kier molecular flexibility index (Phi) is 9.14. The summed E-state index contributed by atoms with van der Waals surface area (Å²) in [6.07, 6.45) is 2.44. The van der Waals surface area contributed by atoms with Gasteiger partial charge in [-0.25, -0.2) is 0 Å². The Morgan fingerprint density at radius 1 is 1.06 bits per heavy atom. The molecule has 1 heterocycles. The number of aromatic nitrogens is 3. The summed E-state index contributed by atoms with van der Waals surface area (Å²) in [6, 6.07) is 17.2. The molecule has 7 nitrogen and oxygen atoms in total. The maximum atomic E-state index is 12.9. The van der Waals surface area contributed by atoms with Gasteiger partial charge in [0.15, 0.2) is 5.16 Å². The van der Waals surface area contributed by atoms with Gasteiger partial charge >= 0.3 is 0 Å². The number of allylic oxidation sites excluding steroid dienone is 1. The molecule has 9 heteroatoms. The lowest BCUT2D eigenvalue weighted by Gasteiger charge is -2.15. The van der Waals surface area contributed by atoms with Crippen LogP contribution in [0.1, 0.15) is 26.1 Å². The SMILES string of the molecule is C=CCn1c(CSc2ccccc2)nnc1SC(CC)C(=O)Nc1ccc(NC(C)=O)cc1. The largest absolute Gasteiger partial charge is 0.326 e. The van der Waals surface area contributed by atoms with Crippen LogP contribution in [-0.4, -0.2) is 31.8 Å². The number of carbonyl (C=O) groups is 2. The molecule has 2 amide bonds. The highest BCUT2D eigenvalue weighted by Crippen LogP contribution is 2.28. The van der Waals surface area contributed by atoms with Crippen molar-refractivity contribution >= 4 is 46.7 Å². The van der Waals surface area contributed by atoms with E-state index in [2.05, 4.69) is 39.5 Å². The molecule has 3 rings (SSSR count). The quantitative estimate of drug-likeness (QED) is 0.288. The number of thioether (sulfide) groups is 2. The Hall–Kier alpha value is -3.04. The number of amides is 2. The first-order valence-electron chi connectivity index (χ1n) is 10.6. The summed E-state index contributed by atoms with van der Waals surface area (Å²) < 4.78 is 2.01. The van der Waals surface area contributed by atoms with E-state index in [-0.39, 0.29) is 17.1 Å². The van der Waals surface area contributed by atoms with E-state index >= 15 is 0 Å². The highest BCUT2D eigenvalue weighted by molar-refractivity contribution is 8.00. The van der Waals surface area contributed by atoms with Gasteiger partial charge in [-0.05, 0) is 42.8 Å². The molecule has 33 heavy (non-hydrogen) atoms. The van der Waals surface area contributed by atoms with Gasteiger partial charge in [0, 0.05) is 29.7 Å². The minimum absolute atomic E-state index is 0.108. The third-order valence-electron chi connectivity index (χ3n) is 4.60. The van der Waals surface area contributed by atoms with Gasteiger partial charge in [-0.2, -0.15) is 0 Å². The molecule has 0 saturated carbocycles. The summed E-state index contributed by atoms with van der Waals surface area (Å²) in [6.45, 7) is 7.85. The van der Waals surface area contributed by atoms with E-state index in [4.69, 9.17) is 0 Å². The number of hydrogen-bond donors (Lipinski definition) is 2. The molecule has 1 aromatic heterocycles. The van der Waals surface area contributed by atoms with Gasteiger partial charge in [0.2, 0.25) is 11.8 Å². The highest BCUT2D eigenvalue weighted by atomic mass is 32.2. The topological polar surface area (TPSA) is 88.9 Å². The lowest BCUT2D eigenvalue weighted by atomic mass is 10.2. The Balaban J connectivity index is 1.66. The predicted octanol–water partition coefficient (Wildman–Crippen LogP) is 5.22. The zero-order chi connectivity index (χ0) is 23.6. The van der Waals surface area contributed by atoms with Crippen molar-refractivity contribution in [3.05, 3.63) is 73.1 Å². The molecule has 0 spiro atoms. The molecule has 1 unspecified atom stereocenters. The molecule has 0 fully saturated rings.